The van der Waals surface area contributed by atoms with E-state index in [9.17, 15) is 14.4 Å². The van der Waals surface area contributed by atoms with Gasteiger partial charge in [-0.2, -0.15) is 0 Å². The Morgan fingerprint density at radius 3 is 2.10 bits per heavy atom. The molecular weight excluding hydrogens is 402 g/mol. The molecule has 0 aromatic heterocycles. The van der Waals surface area contributed by atoms with E-state index in [1.54, 1.807) is 6.92 Å². The highest BCUT2D eigenvalue weighted by molar-refractivity contribution is 6.60. The number of hydrogen-bond donors (Lipinski definition) is 1. The molecule has 0 aromatic carbocycles. The van der Waals surface area contributed by atoms with Gasteiger partial charge in [0.15, 0.2) is 0 Å². The summed E-state index contributed by atoms with van der Waals surface area (Å²) in [4.78, 5) is 34.6. The Hall–Kier alpha value is -1.95. The fraction of sp³-hybridized carbons (Fsp3) is 0.722. The van der Waals surface area contributed by atoms with Crippen LogP contribution in [0.15, 0.2) is 12.2 Å². The highest BCUT2D eigenvalue weighted by atomic mass is 28.4. The van der Waals surface area contributed by atoms with Gasteiger partial charge in [0.2, 0.25) is 0 Å². The van der Waals surface area contributed by atoms with Crippen molar-refractivity contribution in [2.75, 3.05) is 47.7 Å². The smallest absolute Gasteiger partial charge is 0.462 e. The average molecular weight is 436 g/mol. The number of hydrogen-bond acceptors (Lipinski definition) is 9. The van der Waals surface area contributed by atoms with E-state index in [0.717, 1.165) is 0 Å². The van der Waals surface area contributed by atoms with Gasteiger partial charge in [-0.3, -0.25) is 4.79 Å². The Morgan fingerprint density at radius 2 is 1.55 bits per heavy atom. The lowest BCUT2D eigenvalue weighted by molar-refractivity contribution is -0.150. The molecule has 0 aliphatic heterocycles. The van der Waals surface area contributed by atoms with Crippen molar-refractivity contribution in [1.29, 1.82) is 0 Å². The van der Waals surface area contributed by atoms with Gasteiger partial charge in [-0.15, -0.1) is 0 Å². The molecular formula is C18H33NO9Si. The molecule has 10 nitrogen and oxygen atoms in total. The van der Waals surface area contributed by atoms with E-state index in [0.29, 0.717) is 12.5 Å². The van der Waals surface area contributed by atoms with Gasteiger partial charge in [0.05, 0.1) is 6.61 Å². The van der Waals surface area contributed by atoms with E-state index in [1.807, 2.05) is 0 Å². The SMILES string of the molecule is C=C(C)C(=O)OCCOC(=O)CC(C)CNC(=O)OCCC[Si](OC)(OC)OC. The Kier molecular flexibility index (Phi) is 14.0. The first-order valence-electron chi connectivity index (χ1n) is 9.24. The summed E-state index contributed by atoms with van der Waals surface area (Å²) in [6.07, 6.45) is 0.0715. The molecule has 1 atom stereocenters. The molecule has 1 N–H and O–H groups in total. The van der Waals surface area contributed by atoms with Crippen molar-refractivity contribution < 1.29 is 41.9 Å². The number of ether oxygens (including phenoxy) is 3. The summed E-state index contributed by atoms with van der Waals surface area (Å²) in [5.74, 6) is -1.13. The maximum atomic E-state index is 11.7. The third-order valence-electron chi connectivity index (χ3n) is 3.83. The standard InChI is InChI=1S/C18H33NO9Si/c1-14(2)17(21)27-10-9-26-16(20)12-15(3)13-19-18(22)28-8-7-11-29(23-4,24-5)25-6/h15H,1,7-13H2,2-6H3,(H,19,22). The number of carbonyl (C=O) groups is 3. The number of rotatable bonds is 15. The molecule has 0 heterocycles. The van der Waals surface area contributed by atoms with Crippen LogP contribution >= 0.6 is 0 Å². The lowest BCUT2D eigenvalue weighted by Gasteiger charge is -2.24. The average Bonchev–Trinajstić information content (AvgIpc) is 2.70. The highest BCUT2D eigenvalue weighted by Gasteiger charge is 2.37. The predicted molar refractivity (Wildman–Crippen MR) is 106 cm³/mol. The van der Waals surface area contributed by atoms with E-state index in [2.05, 4.69) is 11.9 Å². The van der Waals surface area contributed by atoms with Gasteiger partial charge < -0.3 is 32.8 Å². The Morgan fingerprint density at radius 1 is 0.966 bits per heavy atom. The van der Waals surface area contributed by atoms with Crippen LogP contribution in [0.3, 0.4) is 0 Å². The van der Waals surface area contributed by atoms with Crippen LogP contribution in [0.5, 0.6) is 0 Å². The molecule has 0 aromatic rings. The van der Waals surface area contributed by atoms with Crippen LogP contribution in [0, 0.1) is 5.92 Å². The fourth-order valence-corrected chi connectivity index (χ4v) is 3.84. The van der Waals surface area contributed by atoms with Crippen LogP contribution in [0.1, 0.15) is 26.7 Å². The molecule has 0 aliphatic rings. The topological polar surface area (TPSA) is 119 Å². The Labute approximate surface area is 173 Å². The van der Waals surface area contributed by atoms with Gasteiger partial charge in [0.1, 0.15) is 13.2 Å². The van der Waals surface area contributed by atoms with E-state index in [4.69, 9.17) is 27.5 Å². The van der Waals surface area contributed by atoms with E-state index in [1.165, 1.54) is 28.3 Å². The van der Waals surface area contributed by atoms with Crippen molar-refractivity contribution in [3.8, 4) is 0 Å². The van der Waals surface area contributed by atoms with Crippen molar-refractivity contribution >= 4 is 26.8 Å². The minimum Gasteiger partial charge on any atom is -0.462 e. The number of alkyl carbamates (subject to hydrolysis) is 1. The maximum Gasteiger partial charge on any atom is 0.500 e. The lowest BCUT2D eigenvalue weighted by atomic mass is 10.1. The summed E-state index contributed by atoms with van der Waals surface area (Å²) in [5, 5.41) is 2.59. The van der Waals surface area contributed by atoms with Crippen molar-refractivity contribution in [2.24, 2.45) is 5.92 Å². The first-order valence-corrected chi connectivity index (χ1v) is 11.2. The van der Waals surface area contributed by atoms with Crippen LogP contribution < -0.4 is 5.32 Å². The number of amides is 1. The van der Waals surface area contributed by atoms with Crippen molar-refractivity contribution in [3.05, 3.63) is 12.2 Å². The first kappa shape index (κ1) is 27.0. The molecule has 0 radical (unpaired) electrons. The minimum atomic E-state index is -2.67. The zero-order chi connectivity index (χ0) is 22.3. The van der Waals surface area contributed by atoms with Gasteiger partial charge in [0.25, 0.3) is 0 Å². The molecule has 1 unspecified atom stereocenters. The summed E-state index contributed by atoms with van der Waals surface area (Å²) < 4.78 is 30.7. The largest absolute Gasteiger partial charge is 0.500 e. The summed E-state index contributed by atoms with van der Waals surface area (Å²) in [6.45, 7) is 7.15. The monoisotopic (exact) mass is 435 g/mol. The molecule has 29 heavy (non-hydrogen) atoms. The van der Waals surface area contributed by atoms with E-state index < -0.39 is 26.8 Å². The molecule has 0 saturated heterocycles. The second-order valence-corrected chi connectivity index (χ2v) is 9.45. The zero-order valence-electron chi connectivity index (χ0n) is 17.9. The Bertz CT molecular complexity index is 529. The molecule has 0 spiro atoms. The predicted octanol–water partition coefficient (Wildman–Crippen LogP) is 1.67. The second-order valence-electron chi connectivity index (χ2n) is 6.36. The second kappa shape index (κ2) is 15.0. The van der Waals surface area contributed by atoms with Crippen molar-refractivity contribution in [1.82, 2.24) is 5.32 Å². The molecule has 0 rings (SSSR count). The highest BCUT2D eigenvalue weighted by Crippen LogP contribution is 2.14. The molecule has 168 valence electrons. The van der Waals surface area contributed by atoms with Crippen LogP contribution in [0.2, 0.25) is 6.04 Å². The minimum absolute atomic E-state index is 0.0320. The number of nitrogens with one attached hydrogen (secondary N) is 1. The van der Waals surface area contributed by atoms with Gasteiger partial charge in [-0.25, -0.2) is 9.59 Å². The van der Waals surface area contributed by atoms with Crippen LogP contribution in [-0.4, -0.2) is 74.5 Å². The lowest BCUT2D eigenvalue weighted by Crippen LogP contribution is -2.42. The first-order chi connectivity index (χ1) is 13.7. The molecule has 1 amide bonds. The Balaban J connectivity index is 3.88. The van der Waals surface area contributed by atoms with Gasteiger partial charge in [-0.05, 0) is 19.3 Å². The summed E-state index contributed by atoms with van der Waals surface area (Å²) >= 11 is 0. The summed E-state index contributed by atoms with van der Waals surface area (Å²) in [5.41, 5.74) is 0.278. The van der Waals surface area contributed by atoms with Crippen LogP contribution in [0.25, 0.3) is 0 Å². The molecule has 0 fully saturated rings. The van der Waals surface area contributed by atoms with Crippen molar-refractivity contribution in [2.45, 2.75) is 32.7 Å². The van der Waals surface area contributed by atoms with Crippen LogP contribution in [0.4, 0.5) is 4.79 Å². The number of esters is 2. The normalized spacial score (nSPS) is 12.0. The quantitative estimate of drug-likeness (QED) is 0.135. The summed E-state index contributed by atoms with van der Waals surface area (Å²) in [7, 11) is 1.90. The molecule has 0 bridgehead atoms. The fourth-order valence-electron chi connectivity index (χ4n) is 2.15. The molecule has 0 aliphatic carbocycles. The van der Waals surface area contributed by atoms with Gasteiger partial charge in [-0.1, -0.05) is 13.5 Å². The molecule has 11 heteroatoms. The van der Waals surface area contributed by atoms with Gasteiger partial charge >= 0.3 is 26.8 Å². The maximum absolute atomic E-state index is 11.7. The summed E-state index contributed by atoms with van der Waals surface area (Å²) in [6, 6.07) is 0.522. The third kappa shape index (κ3) is 12.3. The number of carbonyl (C=O) groups excluding carboxylic acids is 3. The zero-order valence-corrected chi connectivity index (χ0v) is 18.9. The van der Waals surface area contributed by atoms with Crippen molar-refractivity contribution in [3.63, 3.8) is 0 Å². The van der Waals surface area contributed by atoms with Crippen LogP contribution in [-0.2, 0) is 37.1 Å². The van der Waals surface area contributed by atoms with Gasteiger partial charge in [0, 0.05) is 45.9 Å². The molecule has 0 saturated carbocycles. The van der Waals surface area contributed by atoms with E-state index >= 15 is 0 Å². The third-order valence-corrected chi connectivity index (χ3v) is 6.66. The van der Waals surface area contributed by atoms with E-state index in [-0.39, 0.29) is 44.3 Å².